The summed E-state index contributed by atoms with van der Waals surface area (Å²) in [5.41, 5.74) is 1.33. The van der Waals surface area contributed by atoms with Crippen LogP contribution >= 0.6 is 11.3 Å². The van der Waals surface area contributed by atoms with Gasteiger partial charge in [-0.25, -0.2) is 0 Å². The van der Waals surface area contributed by atoms with Crippen LogP contribution in [-0.2, 0) is 6.42 Å². The van der Waals surface area contributed by atoms with Gasteiger partial charge in [-0.3, -0.25) is 9.59 Å². The van der Waals surface area contributed by atoms with Gasteiger partial charge in [0.25, 0.3) is 0 Å². The van der Waals surface area contributed by atoms with Gasteiger partial charge in [0.1, 0.15) is 0 Å². The number of aryl methyl sites for hydroxylation is 1. The maximum absolute atomic E-state index is 12.1. The van der Waals surface area contributed by atoms with Crippen LogP contribution in [0.2, 0.25) is 0 Å². The maximum Gasteiger partial charge on any atom is 0.248 e. The summed E-state index contributed by atoms with van der Waals surface area (Å²) in [6.07, 6.45) is 1.29. The van der Waals surface area contributed by atoms with Crippen molar-refractivity contribution in [2.24, 2.45) is 0 Å². The van der Waals surface area contributed by atoms with E-state index in [9.17, 15) is 9.59 Å². The van der Waals surface area contributed by atoms with Crippen LogP contribution in [0.15, 0.2) is 29.1 Å². The Bertz CT molecular complexity index is 668. The summed E-state index contributed by atoms with van der Waals surface area (Å²) in [4.78, 5) is 28.7. The first-order valence-electron chi connectivity index (χ1n) is 5.95. The molecule has 1 N–H and O–H groups in total. The van der Waals surface area contributed by atoms with Crippen LogP contribution in [0.3, 0.4) is 0 Å². The van der Waals surface area contributed by atoms with Crippen molar-refractivity contribution in [1.82, 2.24) is 4.98 Å². The van der Waals surface area contributed by atoms with Gasteiger partial charge in [0.2, 0.25) is 5.56 Å². The Morgan fingerprint density at radius 3 is 2.72 bits per heavy atom. The molecule has 0 saturated carbocycles. The lowest BCUT2D eigenvalue weighted by Crippen LogP contribution is -2.22. The standard InChI is InChI=1S/C14H13NO2S/c1-8-2-4-13(18-8)9-6-11-10(12(16)7-9)3-5-14(17)15-11/h2-5,9H,6-7H2,1H3,(H,15,17). The van der Waals surface area contributed by atoms with Gasteiger partial charge in [-0.1, -0.05) is 0 Å². The summed E-state index contributed by atoms with van der Waals surface area (Å²) in [6, 6.07) is 7.23. The number of carbonyl (C=O) groups excluding carboxylic acids is 1. The third-order valence-corrected chi connectivity index (χ3v) is 4.51. The first kappa shape index (κ1) is 11.4. The van der Waals surface area contributed by atoms with E-state index < -0.39 is 0 Å². The van der Waals surface area contributed by atoms with Crippen LogP contribution in [-0.4, -0.2) is 10.8 Å². The summed E-state index contributed by atoms with van der Waals surface area (Å²) in [5.74, 6) is 0.338. The fourth-order valence-electron chi connectivity index (χ4n) is 2.47. The van der Waals surface area contributed by atoms with Crippen molar-refractivity contribution in [2.75, 3.05) is 0 Å². The molecule has 0 aromatic carbocycles. The molecule has 1 aliphatic rings. The fraction of sp³-hybridized carbons (Fsp3) is 0.286. The number of aromatic nitrogens is 1. The second kappa shape index (κ2) is 4.21. The van der Waals surface area contributed by atoms with Crippen LogP contribution in [0.4, 0.5) is 0 Å². The number of ketones is 1. The molecule has 0 fully saturated rings. The molecule has 4 heteroatoms. The number of aromatic amines is 1. The molecule has 3 rings (SSSR count). The molecule has 92 valence electrons. The van der Waals surface area contributed by atoms with E-state index in [1.165, 1.54) is 15.8 Å². The Morgan fingerprint density at radius 1 is 1.17 bits per heavy atom. The fourth-order valence-corrected chi connectivity index (χ4v) is 3.44. The number of Topliss-reactive ketones (excluding diaryl/α,β-unsaturated/α-hetero) is 1. The average Bonchev–Trinajstić information content (AvgIpc) is 2.75. The van der Waals surface area contributed by atoms with Crippen LogP contribution in [0.5, 0.6) is 0 Å². The summed E-state index contributed by atoms with van der Waals surface area (Å²) >= 11 is 1.73. The predicted octanol–water partition coefficient (Wildman–Crippen LogP) is 2.66. The number of pyridine rings is 1. The number of hydrogen-bond donors (Lipinski definition) is 1. The van der Waals surface area contributed by atoms with Gasteiger partial charge in [-0.2, -0.15) is 0 Å². The largest absolute Gasteiger partial charge is 0.325 e. The summed E-state index contributed by atoms with van der Waals surface area (Å²) < 4.78 is 0. The third kappa shape index (κ3) is 1.93. The molecule has 0 radical (unpaired) electrons. The zero-order chi connectivity index (χ0) is 12.7. The highest BCUT2D eigenvalue weighted by Gasteiger charge is 2.27. The van der Waals surface area contributed by atoms with Gasteiger partial charge < -0.3 is 4.98 Å². The van der Waals surface area contributed by atoms with E-state index >= 15 is 0 Å². The van der Waals surface area contributed by atoms with Crippen molar-refractivity contribution in [1.29, 1.82) is 0 Å². The van der Waals surface area contributed by atoms with E-state index in [-0.39, 0.29) is 17.3 Å². The van der Waals surface area contributed by atoms with Gasteiger partial charge >= 0.3 is 0 Å². The second-order valence-electron chi connectivity index (χ2n) is 4.69. The lowest BCUT2D eigenvalue weighted by Gasteiger charge is -2.22. The number of fused-ring (bicyclic) bond motifs is 1. The molecule has 0 spiro atoms. The smallest absolute Gasteiger partial charge is 0.248 e. The zero-order valence-corrected chi connectivity index (χ0v) is 10.8. The minimum absolute atomic E-state index is 0.128. The van der Waals surface area contributed by atoms with Gasteiger partial charge in [-0.15, -0.1) is 11.3 Å². The molecule has 1 atom stereocenters. The van der Waals surface area contributed by atoms with Crippen molar-refractivity contribution in [2.45, 2.75) is 25.7 Å². The number of H-pyrrole nitrogens is 1. The van der Waals surface area contributed by atoms with Crippen molar-refractivity contribution in [3.8, 4) is 0 Å². The molecule has 2 aromatic heterocycles. The average molecular weight is 259 g/mol. The molecule has 0 aliphatic heterocycles. The highest BCUT2D eigenvalue weighted by Crippen LogP contribution is 2.34. The first-order valence-corrected chi connectivity index (χ1v) is 6.77. The minimum atomic E-state index is -0.135. The Hall–Kier alpha value is -1.68. The molecular weight excluding hydrogens is 246 g/mol. The van der Waals surface area contributed by atoms with E-state index in [1.54, 1.807) is 17.4 Å². The van der Waals surface area contributed by atoms with E-state index in [1.807, 2.05) is 0 Å². The lowest BCUT2D eigenvalue weighted by molar-refractivity contribution is 0.0963. The minimum Gasteiger partial charge on any atom is -0.325 e. The molecule has 3 nitrogen and oxygen atoms in total. The van der Waals surface area contributed by atoms with E-state index in [0.29, 0.717) is 12.0 Å². The summed E-state index contributed by atoms with van der Waals surface area (Å²) in [5, 5.41) is 0. The predicted molar refractivity (Wildman–Crippen MR) is 71.5 cm³/mol. The normalized spacial score (nSPS) is 18.7. The molecule has 2 heterocycles. The van der Waals surface area contributed by atoms with Crippen molar-refractivity contribution < 1.29 is 4.79 Å². The van der Waals surface area contributed by atoms with Gasteiger partial charge in [0.15, 0.2) is 5.78 Å². The number of carbonyl (C=O) groups is 1. The molecule has 0 amide bonds. The number of thiophene rings is 1. The zero-order valence-electron chi connectivity index (χ0n) is 10.0. The van der Waals surface area contributed by atoms with Crippen molar-refractivity contribution in [3.05, 3.63) is 55.6 Å². The maximum atomic E-state index is 12.1. The van der Waals surface area contributed by atoms with E-state index in [0.717, 1.165) is 12.1 Å². The summed E-state index contributed by atoms with van der Waals surface area (Å²) in [7, 11) is 0. The van der Waals surface area contributed by atoms with Gasteiger partial charge in [0, 0.05) is 39.4 Å². The van der Waals surface area contributed by atoms with Crippen LogP contribution < -0.4 is 5.56 Å². The lowest BCUT2D eigenvalue weighted by atomic mass is 9.85. The number of rotatable bonds is 1. The van der Waals surface area contributed by atoms with Crippen LogP contribution in [0, 0.1) is 6.92 Å². The first-order chi connectivity index (χ1) is 8.63. The van der Waals surface area contributed by atoms with Gasteiger partial charge in [-0.05, 0) is 31.5 Å². The molecule has 1 unspecified atom stereocenters. The third-order valence-electron chi connectivity index (χ3n) is 3.35. The van der Waals surface area contributed by atoms with Crippen LogP contribution in [0.25, 0.3) is 0 Å². The molecular formula is C14H13NO2S. The highest BCUT2D eigenvalue weighted by molar-refractivity contribution is 7.12. The van der Waals surface area contributed by atoms with Crippen LogP contribution in [0.1, 0.15) is 38.1 Å². The van der Waals surface area contributed by atoms with Crippen molar-refractivity contribution >= 4 is 17.1 Å². The number of hydrogen-bond acceptors (Lipinski definition) is 3. The topological polar surface area (TPSA) is 49.9 Å². The highest BCUT2D eigenvalue weighted by atomic mass is 32.1. The molecule has 2 aromatic rings. The number of nitrogens with one attached hydrogen (secondary N) is 1. The van der Waals surface area contributed by atoms with Crippen molar-refractivity contribution in [3.63, 3.8) is 0 Å². The Balaban J connectivity index is 2.00. The second-order valence-corrected chi connectivity index (χ2v) is 6.01. The van der Waals surface area contributed by atoms with Gasteiger partial charge in [0.05, 0.1) is 0 Å². The Morgan fingerprint density at radius 2 is 2.00 bits per heavy atom. The SMILES string of the molecule is Cc1ccc(C2CC(=O)c3ccc(=O)[nH]c3C2)s1. The molecule has 0 bridgehead atoms. The Labute approximate surface area is 108 Å². The quantitative estimate of drug-likeness (QED) is 0.856. The molecule has 1 aliphatic carbocycles. The molecule has 0 saturated heterocycles. The molecule has 18 heavy (non-hydrogen) atoms. The van der Waals surface area contributed by atoms with E-state index in [4.69, 9.17) is 0 Å². The summed E-state index contributed by atoms with van der Waals surface area (Å²) in [6.45, 7) is 2.06. The Kier molecular flexibility index (Phi) is 2.67. The monoisotopic (exact) mass is 259 g/mol. The van der Waals surface area contributed by atoms with E-state index in [2.05, 4.69) is 24.0 Å².